The average Bonchev–Trinajstić information content (AvgIpc) is 2.97. The van der Waals surface area contributed by atoms with Gasteiger partial charge in [-0.2, -0.15) is 0 Å². The molecule has 136 valence electrons. The number of hydrogen-bond acceptors (Lipinski definition) is 3. The van der Waals surface area contributed by atoms with Gasteiger partial charge in [0.1, 0.15) is 17.6 Å². The molecule has 2 amide bonds. The zero-order valence-corrected chi connectivity index (χ0v) is 15.9. The number of hydrogen-bond donors (Lipinski definition) is 1. The van der Waals surface area contributed by atoms with Crippen LogP contribution < -0.4 is 10.1 Å². The maximum absolute atomic E-state index is 13.0. The summed E-state index contributed by atoms with van der Waals surface area (Å²) in [5.74, 6) is 1.47. The number of aryl methyl sites for hydroxylation is 1. The van der Waals surface area contributed by atoms with Crippen molar-refractivity contribution < 1.29 is 9.53 Å². The standard InChI is InChI=1S/C19H28N4O2/c1-13(2)23(14(3)4)19(24)21-17(18-20-11-12-22(18)5)15-9-7-8-10-16(15)25-6/h7-14,17H,1-6H3,(H,21,24)/t17-/m0/s1. The Bertz CT molecular complexity index is 701. The van der Waals surface area contributed by atoms with Crippen LogP contribution in [0.1, 0.15) is 45.1 Å². The summed E-state index contributed by atoms with van der Waals surface area (Å²) in [4.78, 5) is 19.2. The number of nitrogens with one attached hydrogen (secondary N) is 1. The second kappa shape index (κ2) is 8.05. The highest BCUT2D eigenvalue weighted by molar-refractivity contribution is 5.76. The van der Waals surface area contributed by atoms with Crippen LogP contribution in [0.15, 0.2) is 36.7 Å². The Morgan fingerprint density at radius 1 is 1.20 bits per heavy atom. The summed E-state index contributed by atoms with van der Waals surface area (Å²) in [6.45, 7) is 8.05. The van der Waals surface area contributed by atoms with E-state index < -0.39 is 6.04 Å². The molecule has 1 aromatic carbocycles. The first kappa shape index (κ1) is 18.8. The number of aromatic nitrogens is 2. The van der Waals surface area contributed by atoms with Gasteiger partial charge in [-0.25, -0.2) is 9.78 Å². The van der Waals surface area contributed by atoms with Crippen molar-refractivity contribution in [3.05, 3.63) is 48.0 Å². The molecule has 25 heavy (non-hydrogen) atoms. The van der Waals surface area contributed by atoms with Crippen molar-refractivity contribution in [1.29, 1.82) is 0 Å². The van der Waals surface area contributed by atoms with E-state index in [1.807, 2.05) is 74.7 Å². The van der Waals surface area contributed by atoms with Gasteiger partial charge in [0.15, 0.2) is 0 Å². The minimum Gasteiger partial charge on any atom is -0.496 e. The highest BCUT2D eigenvalue weighted by atomic mass is 16.5. The largest absolute Gasteiger partial charge is 0.496 e. The topological polar surface area (TPSA) is 59.4 Å². The van der Waals surface area contributed by atoms with Crippen molar-refractivity contribution in [1.82, 2.24) is 19.8 Å². The molecule has 0 bridgehead atoms. The Morgan fingerprint density at radius 3 is 2.36 bits per heavy atom. The van der Waals surface area contributed by atoms with E-state index in [2.05, 4.69) is 10.3 Å². The lowest BCUT2D eigenvalue weighted by atomic mass is 10.0. The highest BCUT2D eigenvalue weighted by Gasteiger charge is 2.28. The van der Waals surface area contributed by atoms with Gasteiger partial charge in [-0.05, 0) is 33.8 Å². The highest BCUT2D eigenvalue weighted by Crippen LogP contribution is 2.29. The minimum absolute atomic E-state index is 0.0969. The average molecular weight is 344 g/mol. The molecule has 2 rings (SSSR count). The zero-order chi connectivity index (χ0) is 18.6. The van der Waals surface area contributed by atoms with E-state index in [1.165, 1.54) is 0 Å². The van der Waals surface area contributed by atoms with Gasteiger partial charge in [-0.3, -0.25) is 0 Å². The Labute approximate surface area is 149 Å². The first-order chi connectivity index (χ1) is 11.9. The van der Waals surface area contributed by atoms with E-state index >= 15 is 0 Å². The number of benzene rings is 1. The normalized spacial score (nSPS) is 12.3. The molecule has 0 saturated heterocycles. The van der Waals surface area contributed by atoms with Gasteiger partial charge in [0, 0.05) is 37.1 Å². The quantitative estimate of drug-likeness (QED) is 0.874. The summed E-state index contributed by atoms with van der Waals surface area (Å²) in [6, 6.07) is 7.36. The number of nitrogens with zero attached hydrogens (tertiary/aromatic N) is 3. The van der Waals surface area contributed by atoms with Crippen LogP contribution in [0.5, 0.6) is 5.75 Å². The molecule has 1 N–H and O–H groups in total. The van der Waals surface area contributed by atoms with Gasteiger partial charge in [-0.1, -0.05) is 18.2 Å². The number of methoxy groups -OCH3 is 1. The Hall–Kier alpha value is -2.50. The third-order valence-corrected chi connectivity index (χ3v) is 4.18. The van der Waals surface area contributed by atoms with E-state index in [0.29, 0.717) is 0 Å². The van der Waals surface area contributed by atoms with Crippen LogP contribution in [0, 0.1) is 0 Å². The van der Waals surface area contributed by atoms with Crippen molar-refractivity contribution in [2.75, 3.05) is 7.11 Å². The third-order valence-electron chi connectivity index (χ3n) is 4.18. The molecule has 1 atom stereocenters. The van der Waals surface area contributed by atoms with Gasteiger partial charge >= 0.3 is 6.03 Å². The Morgan fingerprint density at radius 2 is 1.84 bits per heavy atom. The number of amides is 2. The lowest BCUT2D eigenvalue weighted by Crippen LogP contribution is -2.49. The van der Waals surface area contributed by atoms with Crippen molar-refractivity contribution in [2.45, 2.75) is 45.8 Å². The molecule has 0 aliphatic heterocycles. The second-order valence-corrected chi connectivity index (χ2v) is 6.62. The smallest absolute Gasteiger partial charge is 0.318 e. The fourth-order valence-electron chi connectivity index (χ4n) is 3.10. The monoisotopic (exact) mass is 344 g/mol. The van der Waals surface area contributed by atoms with Gasteiger partial charge in [0.25, 0.3) is 0 Å². The van der Waals surface area contributed by atoms with Crippen LogP contribution in [-0.2, 0) is 7.05 Å². The number of imidazole rings is 1. The number of ether oxygens (including phenoxy) is 1. The summed E-state index contributed by atoms with van der Waals surface area (Å²) in [5.41, 5.74) is 0.875. The maximum Gasteiger partial charge on any atom is 0.318 e. The summed E-state index contributed by atoms with van der Waals surface area (Å²) < 4.78 is 7.41. The summed E-state index contributed by atoms with van der Waals surface area (Å²) in [7, 11) is 3.55. The van der Waals surface area contributed by atoms with E-state index in [9.17, 15) is 4.79 Å². The molecular formula is C19H28N4O2. The predicted octanol–water partition coefficient (Wildman–Crippen LogP) is 3.35. The lowest BCUT2D eigenvalue weighted by Gasteiger charge is -2.33. The predicted molar refractivity (Wildman–Crippen MR) is 98.7 cm³/mol. The molecule has 0 radical (unpaired) electrons. The third kappa shape index (κ3) is 4.13. The Balaban J connectivity index is 2.43. The van der Waals surface area contributed by atoms with Crippen LogP contribution >= 0.6 is 0 Å². The molecule has 0 saturated carbocycles. The van der Waals surface area contributed by atoms with Gasteiger partial charge in [0.2, 0.25) is 0 Å². The van der Waals surface area contributed by atoms with Gasteiger partial charge in [0.05, 0.1) is 7.11 Å². The summed E-state index contributed by atoms with van der Waals surface area (Å²) >= 11 is 0. The number of carbonyl (C=O) groups is 1. The molecular weight excluding hydrogens is 316 g/mol. The number of rotatable bonds is 6. The van der Waals surface area contributed by atoms with Crippen molar-refractivity contribution in [2.24, 2.45) is 7.05 Å². The first-order valence-electron chi connectivity index (χ1n) is 8.55. The fourth-order valence-corrected chi connectivity index (χ4v) is 3.10. The van der Waals surface area contributed by atoms with Crippen LogP contribution in [0.4, 0.5) is 4.79 Å². The zero-order valence-electron chi connectivity index (χ0n) is 15.9. The number of urea groups is 1. The van der Waals surface area contributed by atoms with E-state index in [1.54, 1.807) is 13.3 Å². The summed E-state index contributed by atoms with van der Waals surface area (Å²) in [6.07, 6.45) is 3.60. The van der Waals surface area contributed by atoms with Crippen LogP contribution in [0.3, 0.4) is 0 Å². The van der Waals surface area contributed by atoms with Gasteiger partial charge < -0.3 is 19.5 Å². The van der Waals surface area contributed by atoms with Crippen molar-refractivity contribution >= 4 is 6.03 Å². The number of para-hydroxylation sites is 1. The molecule has 0 spiro atoms. The van der Waals surface area contributed by atoms with Crippen molar-refractivity contribution in [3.63, 3.8) is 0 Å². The fraction of sp³-hybridized carbons (Fsp3) is 0.474. The minimum atomic E-state index is -0.399. The van der Waals surface area contributed by atoms with Crippen LogP contribution in [0.25, 0.3) is 0 Å². The molecule has 0 aliphatic rings. The van der Waals surface area contributed by atoms with E-state index in [-0.39, 0.29) is 18.1 Å². The molecule has 0 fully saturated rings. The Kier molecular flexibility index (Phi) is 6.07. The van der Waals surface area contributed by atoms with E-state index in [0.717, 1.165) is 17.1 Å². The SMILES string of the molecule is COc1ccccc1[C@H](NC(=O)N(C(C)C)C(C)C)c1nccn1C. The van der Waals surface area contributed by atoms with Crippen LogP contribution in [-0.4, -0.2) is 39.7 Å². The maximum atomic E-state index is 13.0. The second-order valence-electron chi connectivity index (χ2n) is 6.62. The molecule has 0 unspecified atom stereocenters. The van der Waals surface area contributed by atoms with E-state index in [4.69, 9.17) is 4.74 Å². The van der Waals surface area contributed by atoms with Crippen molar-refractivity contribution in [3.8, 4) is 5.75 Å². The molecule has 6 nitrogen and oxygen atoms in total. The first-order valence-corrected chi connectivity index (χ1v) is 8.55. The molecule has 1 aromatic heterocycles. The molecule has 2 aromatic rings. The lowest BCUT2D eigenvalue weighted by molar-refractivity contribution is 0.162. The molecule has 6 heteroatoms. The van der Waals surface area contributed by atoms with Crippen LogP contribution in [0.2, 0.25) is 0 Å². The van der Waals surface area contributed by atoms with Gasteiger partial charge in [-0.15, -0.1) is 0 Å². The summed E-state index contributed by atoms with van der Waals surface area (Å²) in [5, 5.41) is 3.14. The molecule has 0 aliphatic carbocycles. The molecule has 1 heterocycles. The number of carbonyl (C=O) groups excluding carboxylic acids is 1.